The van der Waals surface area contributed by atoms with Gasteiger partial charge in [0.15, 0.2) is 29.4 Å². The highest BCUT2D eigenvalue weighted by atomic mass is 19.1. The SMILES string of the molecule is O=C(Nc1ncnc2c1ncn2[C@@H]1O[C@H](CO)[C@H](F)C1O)c1ccccc1. The van der Waals surface area contributed by atoms with Crippen molar-refractivity contribution in [2.75, 3.05) is 11.9 Å². The molecular formula is C17H16FN5O4. The van der Waals surface area contributed by atoms with Gasteiger partial charge < -0.3 is 20.3 Å². The number of anilines is 1. The predicted octanol–water partition coefficient (Wildman–Crippen LogP) is 0.667. The molecule has 0 saturated carbocycles. The van der Waals surface area contributed by atoms with Crippen LogP contribution in [0.25, 0.3) is 11.2 Å². The van der Waals surface area contributed by atoms with Crippen LogP contribution in [-0.2, 0) is 4.74 Å². The minimum absolute atomic E-state index is 0.176. The van der Waals surface area contributed by atoms with Gasteiger partial charge >= 0.3 is 0 Å². The van der Waals surface area contributed by atoms with Crippen LogP contribution in [0.15, 0.2) is 43.0 Å². The Morgan fingerprint density at radius 3 is 2.74 bits per heavy atom. The quantitative estimate of drug-likeness (QED) is 0.614. The maximum Gasteiger partial charge on any atom is 0.256 e. The van der Waals surface area contributed by atoms with Crippen molar-refractivity contribution in [2.24, 2.45) is 0 Å². The fourth-order valence-electron chi connectivity index (χ4n) is 2.98. The molecule has 2 aromatic heterocycles. The Kier molecular flexibility index (Phi) is 4.52. The molecule has 4 rings (SSSR count). The molecule has 1 saturated heterocycles. The molecule has 27 heavy (non-hydrogen) atoms. The molecule has 9 nitrogen and oxygen atoms in total. The molecule has 10 heteroatoms. The number of benzene rings is 1. The Morgan fingerprint density at radius 1 is 1.26 bits per heavy atom. The number of aromatic nitrogens is 4. The molecule has 3 aromatic rings. The number of carbonyl (C=O) groups excluding carboxylic acids is 1. The van der Waals surface area contributed by atoms with Gasteiger partial charge in [0.2, 0.25) is 0 Å². The second-order valence-corrected chi connectivity index (χ2v) is 6.05. The van der Waals surface area contributed by atoms with Crippen LogP contribution < -0.4 is 5.32 Å². The highest BCUT2D eigenvalue weighted by molar-refractivity contribution is 6.06. The van der Waals surface area contributed by atoms with Gasteiger partial charge in [0.05, 0.1) is 12.9 Å². The summed E-state index contributed by atoms with van der Waals surface area (Å²) in [5, 5.41) is 21.9. The van der Waals surface area contributed by atoms with Crippen LogP contribution in [-0.4, -0.2) is 60.6 Å². The molecule has 1 aliphatic rings. The van der Waals surface area contributed by atoms with E-state index in [4.69, 9.17) is 9.84 Å². The van der Waals surface area contributed by atoms with Crippen molar-refractivity contribution in [1.29, 1.82) is 0 Å². The molecule has 3 N–H and O–H groups in total. The number of amides is 1. The first-order valence-electron chi connectivity index (χ1n) is 8.22. The maximum absolute atomic E-state index is 14.0. The van der Waals surface area contributed by atoms with Gasteiger partial charge in [0.1, 0.15) is 18.5 Å². The monoisotopic (exact) mass is 373 g/mol. The van der Waals surface area contributed by atoms with Crippen LogP contribution in [0.2, 0.25) is 0 Å². The molecule has 0 radical (unpaired) electrons. The van der Waals surface area contributed by atoms with Gasteiger partial charge in [-0.2, -0.15) is 0 Å². The van der Waals surface area contributed by atoms with Crippen molar-refractivity contribution < 1.29 is 24.1 Å². The van der Waals surface area contributed by atoms with Crippen molar-refractivity contribution in [3.8, 4) is 0 Å². The van der Waals surface area contributed by atoms with E-state index >= 15 is 0 Å². The Bertz CT molecular complexity index is 966. The molecule has 0 bridgehead atoms. The topological polar surface area (TPSA) is 122 Å². The Balaban J connectivity index is 1.65. The zero-order valence-electron chi connectivity index (χ0n) is 13.9. The van der Waals surface area contributed by atoms with E-state index in [0.29, 0.717) is 5.56 Å². The number of hydrogen-bond donors (Lipinski definition) is 3. The van der Waals surface area contributed by atoms with Gasteiger partial charge in [0, 0.05) is 5.56 Å². The Hall–Kier alpha value is -2.95. The Labute approximate surface area is 152 Å². The van der Waals surface area contributed by atoms with E-state index in [1.54, 1.807) is 30.3 Å². The Morgan fingerprint density at radius 2 is 2.04 bits per heavy atom. The summed E-state index contributed by atoms with van der Waals surface area (Å²) in [5.41, 5.74) is 0.966. The number of nitrogens with one attached hydrogen (secondary N) is 1. The summed E-state index contributed by atoms with van der Waals surface area (Å²) in [7, 11) is 0. The standard InChI is InChI=1S/C17H16FN5O4/c18-11-10(6-24)27-17(13(11)25)23-8-21-12-14(19-7-20-15(12)23)22-16(26)9-4-2-1-3-5-9/h1-5,7-8,10-11,13,17,24-25H,6H2,(H,19,20,22,26)/t10-,11+,13?,17-/m1/s1. The number of carbonyl (C=O) groups is 1. The lowest BCUT2D eigenvalue weighted by atomic mass is 10.1. The molecule has 1 fully saturated rings. The maximum atomic E-state index is 14.0. The van der Waals surface area contributed by atoms with Crippen molar-refractivity contribution in [3.05, 3.63) is 48.5 Å². The summed E-state index contributed by atoms with van der Waals surface area (Å²) >= 11 is 0. The van der Waals surface area contributed by atoms with Gasteiger partial charge in [-0.3, -0.25) is 9.36 Å². The summed E-state index contributed by atoms with van der Waals surface area (Å²) in [4.78, 5) is 24.7. The molecular weight excluding hydrogens is 357 g/mol. The van der Waals surface area contributed by atoms with Crippen molar-refractivity contribution >= 4 is 22.9 Å². The lowest BCUT2D eigenvalue weighted by Gasteiger charge is -2.16. The van der Waals surface area contributed by atoms with Crippen molar-refractivity contribution in [2.45, 2.75) is 24.6 Å². The predicted molar refractivity (Wildman–Crippen MR) is 91.6 cm³/mol. The first-order valence-corrected chi connectivity index (χ1v) is 8.22. The number of rotatable bonds is 4. The average molecular weight is 373 g/mol. The number of imidazole rings is 1. The molecule has 1 aliphatic heterocycles. The fraction of sp³-hybridized carbons (Fsp3) is 0.294. The van der Waals surface area contributed by atoms with Crippen LogP contribution >= 0.6 is 0 Å². The molecule has 1 aromatic carbocycles. The van der Waals surface area contributed by atoms with E-state index in [-0.39, 0.29) is 22.9 Å². The normalized spacial score (nSPS) is 25.0. The number of hydrogen-bond acceptors (Lipinski definition) is 7. The highest BCUT2D eigenvalue weighted by Gasteiger charge is 2.45. The van der Waals surface area contributed by atoms with Crippen LogP contribution in [0.1, 0.15) is 16.6 Å². The van der Waals surface area contributed by atoms with Crippen molar-refractivity contribution in [1.82, 2.24) is 19.5 Å². The summed E-state index contributed by atoms with van der Waals surface area (Å²) in [6.45, 7) is -0.561. The molecule has 0 spiro atoms. The highest BCUT2D eigenvalue weighted by Crippen LogP contribution is 2.33. The van der Waals surface area contributed by atoms with Gasteiger partial charge in [-0.1, -0.05) is 18.2 Å². The molecule has 140 valence electrons. The summed E-state index contributed by atoms with van der Waals surface area (Å²) in [5.74, 6) is -0.193. The van der Waals surface area contributed by atoms with E-state index in [1.807, 2.05) is 0 Å². The minimum atomic E-state index is -1.74. The number of nitrogens with zero attached hydrogens (tertiary/aromatic N) is 4. The zero-order valence-corrected chi connectivity index (χ0v) is 13.9. The van der Waals surface area contributed by atoms with Crippen LogP contribution in [0.5, 0.6) is 0 Å². The average Bonchev–Trinajstić information content (AvgIpc) is 3.25. The van der Waals surface area contributed by atoms with Gasteiger partial charge in [-0.05, 0) is 12.1 Å². The van der Waals surface area contributed by atoms with Gasteiger partial charge in [-0.25, -0.2) is 19.3 Å². The summed E-state index contributed by atoms with van der Waals surface area (Å²) in [6, 6.07) is 8.59. The molecule has 0 aliphatic carbocycles. The van der Waals surface area contributed by atoms with Crippen LogP contribution in [0.4, 0.5) is 10.2 Å². The lowest BCUT2D eigenvalue weighted by molar-refractivity contribution is -0.0495. The third kappa shape index (κ3) is 3.03. The summed E-state index contributed by atoms with van der Waals surface area (Å²) < 4.78 is 20.7. The number of aliphatic hydroxyl groups is 2. The van der Waals surface area contributed by atoms with E-state index in [0.717, 1.165) is 0 Å². The van der Waals surface area contributed by atoms with Gasteiger partial charge in [-0.15, -0.1) is 0 Å². The molecule has 4 atom stereocenters. The van der Waals surface area contributed by atoms with E-state index in [1.165, 1.54) is 17.2 Å². The largest absolute Gasteiger partial charge is 0.394 e. The van der Waals surface area contributed by atoms with Crippen LogP contribution in [0.3, 0.4) is 0 Å². The lowest BCUT2D eigenvalue weighted by Crippen LogP contribution is -2.29. The summed E-state index contributed by atoms with van der Waals surface area (Å²) in [6.07, 6.45) is -2.93. The molecule has 1 amide bonds. The second-order valence-electron chi connectivity index (χ2n) is 6.05. The second kappa shape index (κ2) is 6.99. The van der Waals surface area contributed by atoms with Gasteiger partial charge in [0.25, 0.3) is 5.91 Å². The number of halogens is 1. The number of alkyl halides is 1. The van der Waals surface area contributed by atoms with Crippen LogP contribution in [0, 0.1) is 0 Å². The minimum Gasteiger partial charge on any atom is -0.394 e. The molecule has 3 heterocycles. The third-order valence-electron chi connectivity index (χ3n) is 4.37. The third-order valence-corrected chi connectivity index (χ3v) is 4.37. The van der Waals surface area contributed by atoms with Crippen molar-refractivity contribution in [3.63, 3.8) is 0 Å². The number of aliphatic hydroxyl groups excluding tert-OH is 2. The van der Waals surface area contributed by atoms with E-state index < -0.39 is 31.2 Å². The van der Waals surface area contributed by atoms with E-state index in [9.17, 15) is 14.3 Å². The van der Waals surface area contributed by atoms with E-state index in [2.05, 4.69) is 20.3 Å². The number of ether oxygens (including phenoxy) is 1. The number of fused-ring (bicyclic) bond motifs is 1. The first kappa shape index (κ1) is 17.5. The zero-order chi connectivity index (χ0) is 19.0. The fourth-order valence-corrected chi connectivity index (χ4v) is 2.98. The first-order chi connectivity index (χ1) is 13.1. The molecule has 1 unspecified atom stereocenters. The smallest absolute Gasteiger partial charge is 0.256 e.